The fraction of sp³-hybridized carbons (Fsp3) is 0.833. The fourth-order valence-corrected chi connectivity index (χ4v) is 1.57. The molecule has 1 saturated carbocycles. The summed E-state index contributed by atoms with van der Waals surface area (Å²) < 4.78 is 4.55. The Morgan fingerprint density at radius 3 is 2.89 bits per heavy atom. The van der Waals surface area contributed by atoms with Gasteiger partial charge in [0.15, 0.2) is 0 Å². The SMILES string of the molecule is COC(=O)[C@@H]1C[C@@H]1CBr. The number of methoxy groups -OCH3 is 1. The van der Waals surface area contributed by atoms with Crippen LogP contribution in [-0.4, -0.2) is 18.4 Å². The normalized spacial score (nSPS) is 31.8. The van der Waals surface area contributed by atoms with Gasteiger partial charge in [-0.05, 0) is 12.3 Å². The Bertz CT molecular complexity index is 124. The van der Waals surface area contributed by atoms with Gasteiger partial charge in [-0.3, -0.25) is 4.79 Å². The maximum absolute atomic E-state index is 10.7. The fourth-order valence-electron chi connectivity index (χ4n) is 0.858. The van der Waals surface area contributed by atoms with Crippen molar-refractivity contribution in [3.05, 3.63) is 0 Å². The van der Waals surface area contributed by atoms with E-state index in [1.54, 1.807) is 0 Å². The van der Waals surface area contributed by atoms with Crippen LogP contribution in [0.4, 0.5) is 0 Å². The van der Waals surface area contributed by atoms with Gasteiger partial charge in [0.05, 0.1) is 13.0 Å². The quantitative estimate of drug-likeness (QED) is 0.486. The molecule has 0 radical (unpaired) electrons. The molecule has 0 aromatic carbocycles. The summed E-state index contributed by atoms with van der Waals surface area (Å²) in [6.07, 6.45) is 0.998. The Kier molecular flexibility index (Phi) is 2.11. The third kappa shape index (κ3) is 1.45. The first-order chi connectivity index (χ1) is 4.29. The zero-order chi connectivity index (χ0) is 6.85. The van der Waals surface area contributed by atoms with E-state index in [1.165, 1.54) is 7.11 Å². The van der Waals surface area contributed by atoms with E-state index in [0.29, 0.717) is 5.92 Å². The van der Waals surface area contributed by atoms with Crippen molar-refractivity contribution in [1.82, 2.24) is 0 Å². The lowest BCUT2D eigenvalue weighted by atomic mass is 10.3. The third-order valence-corrected chi connectivity index (χ3v) is 2.46. The van der Waals surface area contributed by atoms with E-state index in [-0.39, 0.29) is 11.9 Å². The standard InChI is InChI=1S/C6H9BrO2/c1-9-6(8)5-2-4(5)3-7/h4-5H,2-3H2,1H3/t4-,5-/m1/s1. The first kappa shape index (κ1) is 7.06. The van der Waals surface area contributed by atoms with Crippen molar-refractivity contribution in [2.75, 3.05) is 12.4 Å². The van der Waals surface area contributed by atoms with Crippen LogP contribution in [0.1, 0.15) is 6.42 Å². The zero-order valence-electron chi connectivity index (χ0n) is 5.26. The molecule has 0 N–H and O–H groups in total. The predicted octanol–water partition coefficient (Wildman–Crippen LogP) is 1.19. The molecule has 1 fully saturated rings. The van der Waals surface area contributed by atoms with Crippen molar-refractivity contribution < 1.29 is 9.53 Å². The molecular formula is C6H9BrO2. The number of hydrogen-bond donors (Lipinski definition) is 0. The van der Waals surface area contributed by atoms with E-state index in [1.807, 2.05) is 0 Å². The van der Waals surface area contributed by atoms with Crippen LogP contribution in [0, 0.1) is 11.8 Å². The van der Waals surface area contributed by atoms with Crippen LogP contribution in [0.15, 0.2) is 0 Å². The van der Waals surface area contributed by atoms with Gasteiger partial charge >= 0.3 is 5.97 Å². The average molecular weight is 193 g/mol. The summed E-state index contributed by atoms with van der Waals surface area (Å²) >= 11 is 3.31. The van der Waals surface area contributed by atoms with Gasteiger partial charge in [-0.15, -0.1) is 0 Å². The molecule has 1 rings (SSSR count). The number of ether oxygens (including phenoxy) is 1. The van der Waals surface area contributed by atoms with Crippen LogP contribution in [0.25, 0.3) is 0 Å². The van der Waals surface area contributed by atoms with E-state index in [0.717, 1.165) is 11.8 Å². The third-order valence-electron chi connectivity index (χ3n) is 1.62. The monoisotopic (exact) mass is 192 g/mol. The van der Waals surface area contributed by atoms with Gasteiger partial charge in [-0.25, -0.2) is 0 Å². The van der Waals surface area contributed by atoms with E-state index < -0.39 is 0 Å². The summed E-state index contributed by atoms with van der Waals surface area (Å²) in [4.78, 5) is 10.7. The lowest BCUT2D eigenvalue weighted by molar-refractivity contribution is -0.142. The number of hydrogen-bond acceptors (Lipinski definition) is 2. The number of carbonyl (C=O) groups excluding carboxylic acids is 1. The maximum atomic E-state index is 10.7. The molecule has 0 aliphatic heterocycles. The Labute approximate surface area is 62.7 Å². The van der Waals surface area contributed by atoms with Crippen LogP contribution in [0.5, 0.6) is 0 Å². The second kappa shape index (κ2) is 2.69. The van der Waals surface area contributed by atoms with Crippen LogP contribution >= 0.6 is 15.9 Å². The van der Waals surface area contributed by atoms with Crippen LogP contribution < -0.4 is 0 Å². The van der Waals surface area contributed by atoms with Crippen LogP contribution in [-0.2, 0) is 9.53 Å². The number of alkyl halides is 1. The Balaban J connectivity index is 2.25. The molecular weight excluding hydrogens is 184 g/mol. The van der Waals surface area contributed by atoms with Crippen molar-refractivity contribution in [2.45, 2.75) is 6.42 Å². The summed E-state index contributed by atoms with van der Waals surface area (Å²) in [5, 5.41) is 0.923. The zero-order valence-corrected chi connectivity index (χ0v) is 6.85. The van der Waals surface area contributed by atoms with Gasteiger partial charge in [-0.1, -0.05) is 15.9 Å². The highest BCUT2D eigenvalue weighted by Gasteiger charge is 2.42. The van der Waals surface area contributed by atoms with E-state index in [2.05, 4.69) is 20.7 Å². The Morgan fingerprint density at radius 1 is 1.89 bits per heavy atom. The molecule has 2 nitrogen and oxygen atoms in total. The van der Waals surface area contributed by atoms with Crippen LogP contribution in [0.3, 0.4) is 0 Å². The largest absolute Gasteiger partial charge is 0.469 e. The van der Waals surface area contributed by atoms with Crippen molar-refractivity contribution in [2.24, 2.45) is 11.8 Å². The molecule has 0 aromatic rings. The number of carbonyl (C=O) groups is 1. The molecule has 3 heteroatoms. The summed E-state index contributed by atoms with van der Waals surface area (Å²) in [6, 6.07) is 0. The average Bonchev–Trinajstić information content (AvgIpc) is 2.64. The smallest absolute Gasteiger partial charge is 0.308 e. The number of rotatable bonds is 2. The van der Waals surface area contributed by atoms with Gasteiger partial charge in [0.25, 0.3) is 0 Å². The topological polar surface area (TPSA) is 26.3 Å². The second-order valence-corrected chi connectivity index (χ2v) is 2.93. The molecule has 2 atom stereocenters. The molecule has 0 amide bonds. The molecule has 0 aromatic heterocycles. The molecule has 0 heterocycles. The highest BCUT2D eigenvalue weighted by Crippen LogP contribution is 2.40. The Hall–Kier alpha value is -0.0500. The summed E-state index contributed by atoms with van der Waals surface area (Å²) in [5.41, 5.74) is 0. The van der Waals surface area contributed by atoms with E-state index >= 15 is 0 Å². The number of esters is 1. The molecule has 0 bridgehead atoms. The van der Waals surface area contributed by atoms with Crippen molar-refractivity contribution >= 4 is 21.9 Å². The molecule has 0 spiro atoms. The summed E-state index contributed by atoms with van der Waals surface area (Å²) in [6.45, 7) is 0. The minimum absolute atomic E-state index is 0.0561. The molecule has 1 aliphatic carbocycles. The van der Waals surface area contributed by atoms with Crippen molar-refractivity contribution in [3.8, 4) is 0 Å². The van der Waals surface area contributed by atoms with Crippen LogP contribution in [0.2, 0.25) is 0 Å². The lowest BCUT2D eigenvalue weighted by Crippen LogP contribution is -2.04. The Morgan fingerprint density at radius 2 is 2.56 bits per heavy atom. The maximum Gasteiger partial charge on any atom is 0.308 e. The first-order valence-electron chi connectivity index (χ1n) is 2.93. The molecule has 1 aliphatic rings. The van der Waals surface area contributed by atoms with Gasteiger partial charge in [0, 0.05) is 5.33 Å². The van der Waals surface area contributed by atoms with Crippen molar-refractivity contribution in [3.63, 3.8) is 0 Å². The molecule has 9 heavy (non-hydrogen) atoms. The van der Waals surface area contributed by atoms with Gasteiger partial charge in [0.2, 0.25) is 0 Å². The van der Waals surface area contributed by atoms with Gasteiger partial charge in [-0.2, -0.15) is 0 Å². The highest BCUT2D eigenvalue weighted by atomic mass is 79.9. The summed E-state index contributed by atoms with van der Waals surface area (Å²) in [5.74, 6) is 0.672. The van der Waals surface area contributed by atoms with Gasteiger partial charge < -0.3 is 4.74 Å². The van der Waals surface area contributed by atoms with Crippen molar-refractivity contribution in [1.29, 1.82) is 0 Å². The molecule has 0 saturated heterocycles. The van der Waals surface area contributed by atoms with E-state index in [4.69, 9.17) is 0 Å². The second-order valence-electron chi connectivity index (χ2n) is 2.28. The molecule has 0 unspecified atom stereocenters. The number of halogens is 1. The van der Waals surface area contributed by atoms with Gasteiger partial charge in [0.1, 0.15) is 0 Å². The minimum Gasteiger partial charge on any atom is -0.469 e. The first-order valence-corrected chi connectivity index (χ1v) is 4.05. The predicted molar refractivity (Wildman–Crippen MR) is 37.4 cm³/mol. The molecule has 52 valence electrons. The minimum atomic E-state index is -0.0561. The summed E-state index contributed by atoms with van der Waals surface area (Å²) in [7, 11) is 1.44. The van der Waals surface area contributed by atoms with E-state index in [9.17, 15) is 4.79 Å². The lowest BCUT2D eigenvalue weighted by Gasteiger charge is -1.92. The highest BCUT2D eigenvalue weighted by molar-refractivity contribution is 9.09.